The Kier molecular flexibility index (Phi) is 5.08. The van der Waals surface area contributed by atoms with Gasteiger partial charge in [0.2, 0.25) is 10.0 Å². The number of sulfonamides is 1. The smallest absolute Gasteiger partial charge is 0.258 e. The molecule has 1 aliphatic rings. The molecule has 0 unspecified atom stereocenters. The van der Waals surface area contributed by atoms with Crippen LogP contribution in [0.3, 0.4) is 0 Å². The van der Waals surface area contributed by atoms with E-state index in [0.29, 0.717) is 19.4 Å². The molecule has 0 radical (unpaired) electrons. The lowest BCUT2D eigenvalue weighted by atomic mass is 9.97. The number of hydrogen-bond donors (Lipinski definition) is 0. The predicted molar refractivity (Wildman–Crippen MR) is 95.0 cm³/mol. The summed E-state index contributed by atoms with van der Waals surface area (Å²) in [6.45, 7) is 0.313. The van der Waals surface area contributed by atoms with E-state index < -0.39 is 14.9 Å². The number of hydrogen-bond acceptors (Lipinski definition) is 4. The van der Waals surface area contributed by atoms with Crippen molar-refractivity contribution < 1.29 is 13.3 Å². The van der Waals surface area contributed by atoms with Crippen LogP contribution in [0.15, 0.2) is 59.5 Å². The minimum atomic E-state index is -3.77. The fourth-order valence-electron chi connectivity index (χ4n) is 3.04. The van der Waals surface area contributed by atoms with Gasteiger partial charge in [0, 0.05) is 24.1 Å². The molecule has 1 fully saturated rings. The largest absolute Gasteiger partial charge is 0.269 e. The maximum Gasteiger partial charge on any atom is 0.269 e. The molecule has 25 heavy (non-hydrogen) atoms. The number of rotatable bonds is 4. The van der Waals surface area contributed by atoms with Gasteiger partial charge in [-0.1, -0.05) is 30.3 Å². The number of halogens is 1. The van der Waals surface area contributed by atoms with Crippen LogP contribution >= 0.6 is 11.6 Å². The van der Waals surface area contributed by atoms with Crippen LogP contribution in [-0.2, 0) is 10.0 Å². The topological polar surface area (TPSA) is 80.5 Å². The number of non-ortho nitro benzene ring substituents is 1. The van der Waals surface area contributed by atoms with Gasteiger partial charge < -0.3 is 0 Å². The second-order valence-corrected chi connectivity index (χ2v) is 8.42. The van der Waals surface area contributed by atoms with Crippen LogP contribution in [0.1, 0.15) is 24.4 Å². The normalized spacial score (nSPS) is 21.8. The molecule has 3 rings (SSSR count). The van der Waals surface area contributed by atoms with Gasteiger partial charge in [-0.2, -0.15) is 4.31 Å². The molecule has 0 N–H and O–H groups in total. The summed E-state index contributed by atoms with van der Waals surface area (Å²) in [5.74, 6) is 0. The van der Waals surface area contributed by atoms with Crippen molar-refractivity contribution in [3.05, 3.63) is 70.3 Å². The summed E-state index contributed by atoms with van der Waals surface area (Å²) in [5.41, 5.74) is 0.747. The third-order valence-electron chi connectivity index (χ3n) is 4.33. The Bertz CT molecular complexity index is 856. The van der Waals surface area contributed by atoms with E-state index in [4.69, 9.17) is 11.6 Å². The van der Waals surface area contributed by atoms with Crippen molar-refractivity contribution in [1.29, 1.82) is 0 Å². The molecule has 8 heteroatoms. The first-order valence-electron chi connectivity index (χ1n) is 7.85. The molecular formula is C17H17ClN2O4S. The molecule has 2 atom stereocenters. The predicted octanol–water partition coefficient (Wildman–Crippen LogP) is 3.73. The first-order valence-corrected chi connectivity index (χ1v) is 9.72. The highest BCUT2D eigenvalue weighted by Gasteiger charge is 2.37. The van der Waals surface area contributed by atoms with Crippen molar-refractivity contribution in [3.63, 3.8) is 0 Å². The second-order valence-electron chi connectivity index (χ2n) is 5.91. The van der Waals surface area contributed by atoms with Crippen LogP contribution < -0.4 is 0 Å². The van der Waals surface area contributed by atoms with Gasteiger partial charge in [-0.25, -0.2) is 8.42 Å². The Labute approximate surface area is 151 Å². The average molecular weight is 381 g/mol. The van der Waals surface area contributed by atoms with Crippen molar-refractivity contribution >= 4 is 27.3 Å². The van der Waals surface area contributed by atoms with Gasteiger partial charge in [-0.15, -0.1) is 11.6 Å². The monoisotopic (exact) mass is 380 g/mol. The van der Waals surface area contributed by atoms with Gasteiger partial charge in [0.25, 0.3) is 5.69 Å². The average Bonchev–Trinajstić information content (AvgIpc) is 2.62. The van der Waals surface area contributed by atoms with Crippen LogP contribution in [0, 0.1) is 10.1 Å². The zero-order chi connectivity index (χ0) is 18.0. The van der Waals surface area contributed by atoms with Crippen LogP contribution in [0.4, 0.5) is 5.69 Å². The first kappa shape index (κ1) is 17.8. The van der Waals surface area contributed by atoms with E-state index in [2.05, 4.69) is 0 Å². The Morgan fingerprint density at radius 3 is 2.32 bits per heavy atom. The second kappa shape index (κ2) is 7.11. The van der Waals surface area contributed by atoms with E-state index in [-0.39, 0.29) is 22.0 Å². The molecule has 2 aromatic rings. The summed E-state index contributed by atoms with van der Waals surface area (Å²) >= 11 is 6.28. The molecule has 1 aliphatic heterocycles. The number of nitro groups is 1. The lowest BCUT2D eigenvalue weighted by Gasteiger charge is -2.37. The number of alkyl halides is 1. The molecule has 2 aromatic carbocycles. The zero-order valence-electron chi connectivity index (χ0n) is 13.3. The zero-order valence-corrected chi connectivity index (χ0v) is 14.9. The molecule has 1 saturated heterocycles. The van der Waals surface area contributed by atoms with Crippen molar-refractivity contribution in [2.45, 2.75) is 29.2 Å². The lowest BCUT2D eigenvalue weighted by Crippen LogP contribution is -2.41. The summed E-state index contributed by atoms with van der Waals surface area (Å²) < 4.78 is 27.6. The third kappa shape index (κ3) is 3.68. The van der Waals surface area contributed by atoms with Crippen LogP contribution in [-0.4, -0.2) is 29.6 Å². The van der Waals surface area contributed by atoms with Gasteiger partial charge in [-0.05, 0) is 30.5 Å². The Morgan fingerprint density at radius 2 is 1.72 bits per heavy atom. The van der Waals surface area contributed by atoms with E-state index in [1.807, 2.05) is 30.3 Å². The Hall–Kier alpha value is -1.96. The molecule has 0 amide bonds. The van der Waals surface area contributed by atoms with E-state index in [0.717, 1.165) is 5.56 Å². The van der Waals surface area contributed by atoms with Gasteiger partial charge in [0.15, 0.2) is 0 Å². The van der Waals surface area contributed by atoms with E-state index in [1.54, 1.807) is 0 Å². The Morgan fingerprint density at radius 1 is 1.08 bits per heavy atom. The minimum Gasteiger partial charge on any atom is -0.258 e. The highest BCUT2D eigenvalue weighted by atomic mass is 35.5. The van der Waals surface area contributed by atoms with Crippen molar-refractivity contribution in [3.8, 4) is 0 Å². The summed E-state index contributed by atoms with van der Waals surface area (Å²) in [5, 5.41) is 10.7. The van der Waals surface area contributed by atoms with Crippen LogP contribution in [0.25, 0.3) is 0 Å². The van der Waals surface area contributed by atoms with Crippen molar-refractivity contribution in [2.24, 2.45) is 0 Å². The van der Waals surface area contributed by atoms with Crippen LogP contribution in [0.5, 0.6) is 0 Å². The summed E-state index contributed by atoms with van der Waals surface area (Å²) in [7, 11) is -3.77. The Balaban J connectivity index is 1.97. The van der Waals surface area contributed by atoms with Crippen LogP contribution in [0.2, 0.25) is 0 Å². The van der Waals surface area contributed by atoms with E-state index in [9.17, 15) is 18.5 Å². The fraction of sp³-hybridized carbons (Fsp3) is 0.294. The van der Waals surface area contributed by atoms with E-state index >= 15 is 0 Å². The first-order chi connectivity index (χ1) is 11.9. The van der Waals surface area contributed by atoms with Gasteiger partial charge in [0.05, 0.1) is 15.9 Å². The van der Waals surface area contributed by atoms with Gasteiger partial charge >= 0.3 is 0 Å². The van der Waals surface area contributed by atoms with Gasteiger partial charge in [0.1, 0.15) is 0 Å². The molecule has 0 bridgehead atoms. The summed E-state index contributed by atoms with van der Waals surface area (Å²) in [6.07, 6.45) is 1.09. The highest BCUT2D eigenvalue weighted by molar-refractivity contribution is 7.89. The highest BCUT2D eigenvalue weighted by Crippen LogP contribution is 2.37. The van der Waals surface area contributed by atoms with Crippen molar-refractivity contribution in [2.75, 3.05) is 6.54 Å². The third-order valence-corrected chi connectivity index (χ3v) is 6.65. The number of benzene rings is 2. The molecule has 6 nitrogen and oxygen atoms in total. The molecule has 0 saturated carbocycles. The maximum absolute atomic E-state index is 13.1. The van der Waals surface area contributed by atoms with Crippen molar-refractivity contribution in [1.82, 2.24) is 4.31 Å². The summed E-state index contributed by atoms with van der Waals surface area (Å²) in [4.78, 5) is 10.3. The molecule has 0 aromatic heterocycles. The van der Waals surface area contributed by atoms with Gasteiger partial charge in [-0.3, -0.25) is 10.1 Å². The maximum atomic E-state index is 13.1. The molecule has 0 aliphatic carbocycles. The molecule has 0 spiro atoms. The molecular weight excluding hydrogens is 364 g/mol. The number of nitro benzene ring substituents is 1. The summed E-state index contributed by atoms with van der Waals surface area (Å²) in [6, 6.07) is 14.0. The lowest BCUT2D eigenvalue weighted by molar-refractivity contribution is -0.384. The number of nitrogens with zero attached hydrogens (tertiary/aromatic N) is 2. The SMILES string of the molecule is O=[N+]([O-])c1ccc(S(=O)(=O)N2CC[C@H](Cl)C[C@@H]2c2ccccc2)cc1. The van der Waals surface area contributed by atoms with E-state index in [1.165, 1.54) is 28.6 Å². The standard InChI is InChI=1S/C17H17ClN2O4S/c18-14-10-11-19(17(12-14)13-4-2-1-3-5-13)25(23,24)16-8-6-15(7-9-16)20(21)22/h1-9,14,17H,10-12H2/t14-,17+/m0/s1. The number of piperidine rings is 1. The minimum absolute atomic E-state index is 0.0482. The molecule has 1 heterocycles. The molecule has 132 valence electrons. The quantitative estimate of drug-likeness (QED) is 0.460. The fourth-order valence-corrected chi connectivity index (χ4v) is 4.95.